The van der Waals surface area contributed by atoms with Crippen LogP contribution in [0.5, 0.6) is 0 Å². The second kappa shape index (κ2) is 5.92. The summed E-state index contributed by atoms with van der Waals surface area (Å²) in [7, 11) is 0. The number of aryl methyl sites for hydroxylation is 1. The number of anilines is 1. The number of hydrogen-bond donors (Lipinski definition) is 0. The van der Waals surface area contributed by atoms with E-state index in [1.165, 1.54) is 0 Å². The summed E-state index contributed by atoms with van der Waals surface area (Å²) in [6.07, 6.45) is 6.25. The first kappa shape index (κ1) is 14.6. The Morgan fingerprint density at radius 2 is 2.04 bits per heavy atom. The fourth-order valence-corrected chi connectivity index (χ4v) is 3.19. The summed E-state index contributed by atoms with van der Waals surface area (Å²) in [6.45, 7) is 2.52. The van der Waals surface area contributed by atoms with Gasteiger partial charge in [0.15, 0.2) is 0 Å². The Balaban J connectivity index is 1.72. The minimum atomic E-state index is -0.0215. The number of carbonyl (C=O) groups is 1. The van der Waals surface area contributed by atoms with Crippen LogP contribution in [0.3, 0.4) is 0 Å². The normalized spacial score (nSPS) is 16.7. The first-order valence-corrected chi connectivity index (χ1v) is 8.04. The van der Waals surface area contributed by atoms with Crippen LogP contribution in [0.25, 0.3) is 0 Å². The van der Waals surface area contributed by atoms with Gasteiger partial charge in [0, 0.05) is 36.5 Å². The van der Waals surface area contributed by atoms with E-state index in [2.05, 4.69) is 16.1 Å². The fraction of sp³-hybridized carbons (Fsp3) is 0.211. The van der Waals surface area contributed by atoms with Gasteiger partial charge in [-0.2, -0.15) is 5.10 Å². The summed E-state index contributed by atoms with van der Waals surface area (Å²) in [6, 6.07) is 13.8. The summed E-state index contributed by atoms with van der Waals surface area (Å²) >= 11 is 0. The van der Waals surface area contributed by atoms with Gasteiger partial charge in [-0.05, 0) is 43.2 Å². The number of amides is 1. The van der Waals surface area contributed by atoms with E-state index in [1.54, 1.807) is 12.4 Å². The van der Waals surface area contributed by atoms with E-state index >= 15 is 0 Å². The van der Waals surface area contributed by atoms with E-state index in [0.29, 0.717) is 12.1 Å². The molecule has 0 N–H and O–H groups in total. The van der Waals surface area contributed by atoms with E-state index in [4.69, 9.17) is 0 Å². The minimum Gasteiger partial charge on any atom is -0.306 e. The molecule has 5 heteroatoms. The van der Waals surface area contributed by atoms with Crippen LogP contribution < -0.4 is 4.90 Å². The number of benzene rings is 1. The smallest absolute Gasteiger partial charge is 0.259 e. The van der Waals surface area contributed by atoms with Gasteiger partial charge in [0.2, 0.25) is 0 Å². The molecule has 1 aromatic carbocycles. The highest BCUT2D eigenvalue weighted by molar-refractivity contribution is 6.06. The van der Waals surface area contributed by atoms with Crippen molar-refractivity contribution in [2.75, 3.05) is 11.4 Å². The van der Waals surface area contributed by atoms with Gasteiger partial charge >= 0.3 is 0 Å². The Labute approximate surface area is 140 Å². The van der Waals surface area contributed by atoms with Crippen molar-refractivity contribution in [1.82, 2.24) is 14.8 Å². The SMILES string of the molecule is Cc1ccc(C(=O)N2CC(n3cccn3)Cc3ccccc32)cn1. The molecule has 0 bridgehead atoms. The molecule has 0 fully saturated rings. The van der Waals surface area contributed by atoms with Crippen LogP contribution in [-0.2, 0) is 6.42 Å². The van der Waals surface area contributed by atoms with Crippen LogP contribution in [0.1, 0.15) is 27.7 Å². The molecule has 1 aliphatic heterocycles. The lowest BCUT2D eigenvalue weighted by atomic mass is 9.97. The topological polar surface area (TPSA) is 51.0 Å². The molecule has 1 amide bonds. The summed E-state index contributed by atoms with van der Waals surface area (Å²) in [5, 5.41) is 4.36. The third kappa shape index (κ3) is 2.58. The molecule has 0 radical (unpaired) electrons. The number of rotatable bonds is 2. The van der Waals surface area contributed by atoms with Gasteiger partial charge in [0.25, 0.3) is 5.91 Å². The molecule has 0 aliphatic carbocycles. The van der Waals surface area contributed by atoms with Gasteiger partial charge in [0.05, 0.1) is 11.6 Å². The maximum absolute atomic E-state index is 13.0. The van der Waals surface area contributed by atoms with Crippen molar-refractivity contribution in [2.24, 2.45) is 0 Å². The number of para-hydroxylation sites is 1. The Morgan fingerprint density at radius 1 is 1.17 bits per heavy atom. The van der Waals surface area contributed by atoms with Crippen molar-refractivity contribution in [3.05, 3.63) is 77.9 Å². The molecular weight excluding hydrogens is 300 g/mol. The summed E-state index contributed by atoms with van der Waals surface area (Å²) in [5.74, 6) is -0.0215. The second-order valence-corrected chi connectivity index (χ2v) is 6.08. The largest absolute Gasteiger partial charge is 0.306 e. The highest BCUT2D eigenvalue weighted by Gasteiger charge is 2.30. The molecule has 1 aliphatic rings. The molecule has 4 rings (SSSR count). The zero-order valence-electron chi connectivity index (χ0n) is 13.5. The highest BCUT2D eigenvalue weighted by atomic mass is 16.2. The quantitative estimate of drug-likeness (QED) is 0.730. The molecule has 1 atom stereocenters. The Morgan fingerprint density at radius 3 is 2.79 bits per heavy atom. The van der Waals surface area contributed by atoms with Crippen LogP contribution in [0, 0.1) is 6.92 Å². The van der Waals surface area contributed by atoms with E-state index in [1.807, 2.05) is 59.1 Å². The number of fused-ring (bicyclic) bond motifs is 1. The van der Waals surface area contributed by atoms with E-state index < -0.39 is 0 Å². The monoisotopic (exact) mass is 318 g/mol. The predicted octanol–water partition coefficient (Wildman–Crippen LogP) is 3.03. The number of aromatic nitrogens is 3. The summed E-state index contributed by atoms with van der Waals surface area (Å²) in [4.78, 5) is 19.1. The molecule has 5 nitrogen and oxygen atoms in total. The highest BCUT2D eigenvalue weighted by Crippen LogP contribution is 2.32. The average Bonchev–Trinajstić information content (AvgIpc) is 3.15. The van der Waals surface area contributed by atoms with Gasteiger partial charge in [0.1, 0.15) is 0 Å². The van der Waals surface area contributed by atoms with Crippen LogP contribution in [0.4, 0.5) is 5.69 Å². The molecule has 1 unspecified atom stereocenters. The Kier molecular flexibility index (Phi) is 3.61. The molecule has 3 heterocycles. The molecule has 0 spiro atoms. The molecule has 120 valence electrons. The van der Waals surface area contributed by atoms with Crippen LogP contribution >= 0.6 is 0 Å². The van der Waals surface area contributed by atoms with Crippen molar-refractivity contribution in [3.63, 3.8) is 0 Å². The molecule has 2 aromatic heterocycles. The first-order chi connectivity index (χ1) is 11.7. The lowest BCUT2D eigenvalue weighted by Crippen LogP contribution is -2.41. The minimum absolute atomic E-state index is 0.0215. The van der Waals surface area contributed by atoms with Gasteiger partial charge in [-0.1, -0.05) is 18.2 Å². The average molecular weight is 318 g/mol. The van der Waals surface area contributed by atoms with Gasteiger partial charge in [-0.3, -0.25) is 14.5 Å². The maximum Gasteiger partial charge on any atom is 0.259 e. The number of nitrogens with zero attached hydrogens (tertiary/aromatic N) is 4. The maximum atomic E-state index is 13.0. The van der Waals surface area contributed by atoms with Crippen LogP contribution in [0.15, 0.2) is 61.1 Å². The van der Waals surface area contributed by atoms with Crippen LogP contribution in [-0.4, -0.2) is 27.2 Å². The van der Waals surface area contributed by atoms with Crippen molar-refractivity contribution >= 4 is 11.6 Å². The van der Waals surface area contributed by atoms with Crippen molar-refractivity contribution in [2.45, 2.75) is 19.4 Å². The third-order valence-electron chi connectivity index (χ3n) is 4.43. The predicted molar refractivity (Wildman–Crippen MR) is 92.1 cm³/mol. The zero-order chi connectivity index (χ0) is 16.5. The molecular formula is C19H18N4O. The molecule has 0 saturated heterocycles. The molecule has 24 heavy (non-hydrogen) atoms. The second-order valence-electron chi connectivity index (χ2n) is 6.08. The van der Waals surface area contributed by atoms with Crippen molar-refractivity contribution in [3.8, 4) is 0 Å². The van der Waals surface area contributed by atoms with E-state index in [0.717, 1.165) is 23.4 Å². The third-order valence-corrected chi connectivity index (χ3v) is 4.43. The standard InChI is InChI=1S/C19H18N4O/c1-14-7-8-16(12-20-14)19(24)22-13-17(23-10-4-9-21-23)11-15-5-2-3-6-18(15)22/h2-10,12,17H,11,13H2,1H3. The molecule has 0 saturated carbocycles. The number of carbonyl (C=O) groups excluding carboxylic acids is 1. The summed E-state index contributed by atoms with van der Waals surface area (Å²) < 4.78 is 1.93. The number of pyridine rings is 1. The van der Waals surface area contributed by atoms with E-state index in [-0.39, 0.29) is 11.9 Å². The van der Waals surface area contributed by atoms with Gasteiger partial charge < -0.3 is 4.90 Å². The molecule has 3 aromatic rings. The fourth-order valence-electron chi connectivity index (χ4n) is 3.19. The van der Waals surface area contributed by atoms with Crippen LogP contribution in [0.2, 0.25) is 0 Å². The lowest BCUT2D eigenvalue weighted by molar-refractivity contribution is 0.0979. The number of hydrogen-bond acceptors (Lipinski definition) is 3. The van der Waals surface area contributed by atoms with E-state index in [9.17, 15) is 4.79 Å². The van der Waals surface area contributed by atoms with Gasteiger partial charge in [-0.15, -0.1) is 0 Å². The summed E-state index contributed by atoms with van der Waals surface area (Å²) in [5.41, 5.74) is 3.65. The van der Waals surface area contributed by atoms with Gasteiger partial charge in [-0.25, -0.2) is 0 Å². The Bertz CT molecular complexity index is 855. The van der Waals surface area contributed by atoms with Crippen molar-refractivity contribution < 1.29 is 4.79 Å². The van der Waals surface area contributed by atoms with Crippen molar-refractivity contribution in [1.29, 1.82) is 0 Å². The first-order valence-electron chi connectivity index (χ1n) is 8.04. The zero-order valence-corrected chi connectivity index (χ0v) is 13.5. The lowest BCUT2D eigenvalue weighted by Gasteiger charge is -2.34. The Hall–Kier alpha value is -2.95.